The Morgan fingerprint density at radius 1 is 1.28 bits per heavy atom. The van der Waals surface area contributed by atoms with Crippen molar-refractivity contribution in [3.63, 3.8) is 0 Å². The van der Waals surface area contributed by atoms with E-state index in [-0.39, 0.29) is 5.56 Å². The third-order valence-electron chi connectivity index (χ3n) is 3.52. The van der Waals surface area contributed by atoms with Crippen LogP contribution < -0.4 is 5.32 Å². The number of aliphatic hydroxyl groups is 1. The topological polar surface area (TPSA) is 32.3 Å². The molecule has 0 aliphatic heterocycles. The van der Waals surface area contributed by atoms with Gasteiger partial charge in [-0.1, -0.05) is 31.0 Å². The van der Waals surface area contributed by atoms with Crippen LogP contribution in [0.15, 0.2) is 24.3 Å². The minimum absolute atomic E-state index is 0.0499. The molecule has 0 heterocycles. The van der Waals surface area contributed by atoms with Gasteiger partial charge in [-0.15, -0.1) is 0 Å². The summed E-state index contributed by atoms with van der Waals surface area (Å²) in [4.78, 5) is 0. The van der Waals surface area contributed by atoms with E-state index in [2.05, 4.69) is 5.32 Å². The molecule has 0 atom stereocenters. The third kappa shape index (κ3) is 3.50. The van der Waals surface area contributed by atoms with Crippen molar-refractivity contribution in [3.8, 4) is 0 Å². The van der Waals surface area contributed by atoms with Crippen LogP contribution in [-0.4, -0.2) is 17.3 Å². The van der Waals surface area contributed by atoms with Gasteiger partial charge in [-0.05, 0) is 24.5 Å². The van der Waals surface area contributed by atoms with Crippen LogP contribution in [0.2, 0.25) is 0 Å². The molecular weight excluding hydrogens is 236 g/mol. The van der Waals surface area contributed by atoms with Gasteiger partial charge >= 0.3 is 0 Å². The number of nitrogens with one attached hydrogen (secondary N) is 1. The lowest BCUT2D eigenvalue weighted by molar-refractivity contribution is 0.0474. The van der Waals surface area contributed by atoms with Gasteiger partial charge in [0.05, 0.1) is 5.60 Å². The van der Waals surface area contributed by atoms with Crippen molar-refractivity contribution in [2.24, 2.45) is 0 Å². The first-order chi connectivity index (χ1) is 8.59. The van der Waals surface area contributed by atoms with E-state index in [4.69, 9.17) is 0 Å². The van der Waals surface area contributed by atoms with Gasteiger partial charge in [0, 0.05) is 18.7 Å². The Hall–Kier alpha value is -1.00. The quantitative estimate of drug-likeness (QED) is 0.847. The molecule has 1 aromatic rings. The number of benzene rings is 1. The Morgan fingerprint density at radius 2 is 2.00 bits per heavy atom. The first-order valence-electron chi connectivity index (χ1n) is 6.39. The predicted octanol–water partition coefficient (Wildman–Crippen LogP) is 3.02. The summed E-state index contributed by atoms with van der Waals surface area (Å²) >= 11 is 0. The predicted molar refractivity (Wildman–Crippen MR) is 66.5 cm³/mol. The second-order valence-corrected chi connectivity index (χ2v) is 5.08. The molecule has 1 aliphatic rings. The zero-order valence-electron chi connectivity index (χ0n) is 10.3. The van der Waals surface area contributed by atoms with Gasteiger partial charge in [0.25, 0.3) is 6.43 Å². The normalized spacial score (nSPS) is 18.4. The van der Waals surface area contributed by atoms with Crippen molar-refractivity contribution >= 4 is 0 Å². The third-order valence-corrected chi connectivity index (χ3v) is 3.52. The summed E-state index contributed by atoms with van der Waals surface area (Å²) in [6.07, 6.45) is 1.37. The van der Waals surface area contributed by atoms with E-state index in [0.717, 1.165) is 31.2 Å². The number of halogens is 2. The van der Waals surface area contributed by atoms with Crippen LogP contribution in [0.3, 0.4) is 0 Å². The van der Waals surface area contributed by atoms with Crippen molar-refractivity contribution < 1.29 is 13.9 Å². The van der Waals surface area contributed by atoms with Gasteiger partial charge in [-0.3, -0.25) is 0 Å². The zero-order valence-corrected chi connectivity index (χ0v) is 10.3. The first kappa shape index (κ1) is 13.4. The highest BCUT2D eigenvalue weighted by Crippen LogP contribution is 2.28. The van der Waals surface area contributed by atoms with Gasteiger partial charge in [-0.25, -0.2) is 8.78 Å². The molecule has 2 nitrogen and oxygen atoms in total. The number of rotatable bonds is 5. The van der Waals surface area contributed by atoms with Gasteiger partial charge in [-0.2, -0.15) is 0 Å². The summed E-state index contributed by atoms with van der Waals surface area (Å²) in [5.41, 5.74) is 0.281. The van der Waals surface area contributed by atoms with Gasteiger partial charge in [0.2, 0.25) is 0 Å². The minimum Gasteiger partial charge on any atom is -0.389 e. The highest BCUT2D eigenvalue weighted by Gasteiger charge is 2.30. The molecule has 2 N–H and O–H groups in total. The van der Waals surface area contributed by atoms with Crippen molar-refractivity contribution in [1.29, 1.82) is 0 Å². The standard InChI is InChI=1S/C14H19F2NO/c15-13(16)12-5-3-4-11(8-12)9-17-10-14(18)6-1-2-7-14/h3-5,8,13,17-18H,1-2,6-7,9-10H2. The fourth-order valence-corrected chi connectivity index (χ4v) is 2.49. The molecule has 18 heavy (non-hydrogen) atoms. The molecule has 0 saturated heterocycles. The fourth-order valence-electron chi connectivity index (χ4n) is 2.49. The van der Waals surface area contributed by atoms with E-state index < -0.39 is 12.0 Å². The van der Waals surface area contributed by atoms with E-state index in [9.17, 15) is 13.9 Å². The van der Waals surface area contributed by atoms with Crippen LogP contribution >= 0.6 is 0 Å². The molecule has 0 aromatic heterocycles. The number of hydrogen-bond donors (Lipinski definition) is 2. The molecular formula is C14H19F2NO. The summed E-state index contributed by atoms with van der Waals surface area (Å²) in [6.45, 7) is 1.05. The van der Waals surface area contributed by atoms with Gasteiger partial charge in [0.15, 0.2) is 0 Å². The highest BCUT2D eigenvalue weighted by atomic mass is 19.3. The average Bonchev–Trinajstić information content (AvgIpc) is 2.77. The maximum absolute atomic E-state index is 12.5. The Bertz CT molecular complexity index is 389. The number of hydrogen-bond acceptors (Lipinski definition) is 2. The molecule has 100 valence electrons. The van der Waals surface area contributed by atoms with Gasteiger partial charge in [0.1, 0.15) is 0 Å². The molecule has 0 radical (unpaired) electrons. The van der Waals surface area contributed by atoms with Gasteiger partial charge < -0.3 is 10.4 Å². The van der Waals surface area contributed by atoms with Crippen molar-refractivity contribution in [3.05, 3.63) is 35.4 Å². The van der Waals surface area contributed by atoms with Crippen LogP contribution in [0.25, 0.3) is 0 Å². The molecule has 4 heteroatoms. The van der Waals surface area contributed by atoms with E-state index in [1.54, 1.807) is 6.07 Å². The average molecular weight is 255 g/mol. The maximum atomic E-state index is 12.5. The largest absolute Gasteiger partial charge is 0.389 e. The summed E-state index contributed by atoms with van der Waals surface area (Å²) in [6, 6.07) is 6.40. The summed E-state index contributed by atoms with van der Waals surface area (Å²) < 4.78 is 25.0. The van der Waals surface area contributed by atoms with Crippen molar-refractivity contribution in [2.75, 3.05) is 6.54 Å². The summed E-state index contributed by atoms with van der Waals surface area (Å²) in [7, 11) is 0. The molecule has 0 unspecified atom stereocenters. The van der Waals surface area contributed by atoms with E-state index in [1.807, 2.05) is 6.07 Å². The highest BCUT2D eigenvalue weighted by molar-refractivity contribution is 5.24. The monoisotopic (exact) mass is 255 g/mol. The Morgan fingerprint density at radius 3 is 2.67 bits per heavy atom. The number of alkyl halides is 2. The molecule has 1 saturated carbocycles. The Balaban J connectivity index is 1.84. The van der Waals surface area contributed by atoms with E-state index >= 15 is 0 Å². The van der Waals surface area contributed by atoms with Crippen molar-refractivity contribution in [1.82, 2.24) is 5.32 Å². The molecule has 0 amide bonds. The smallest absolute Gasteiger partial charge is 0.263 e. The summed E-state index contributed by atoms with van der Waals surface area (Å²) in [5.74, 6) is 0. The lowest BCUT2D eigenvalue weighted by Gasteiger charge is -2.22. The molecule has 1 aliphatic carbocycles. The molecule has 1 fully saturated rings. The van der Waals surface area contributed by atoms with Crippen LogP contribution in [0.1, 0.15) is 43.2 Å². The molecule has 0 spiro atoms. The summed E-state index contributed by atoms with van der Waals surface area (Å²) in [5, 5.41) is 13.3. The molecule has 0 bridgehead atoms. The Labute approximate surface area is 106 Å². The molecule has 2 rings (SSSR count). The second kappa shape index (κ2) is 5.76. The van der Waals surface area contributed by atoms with Crippen LogP contribution in [0.5, 0.6) is 0 Å². The molecule has 1 aromatic carbocycles. The van der Waals surface area contributed by atoms with Crippen LogP contribution in [0, 0.1) is 0 Å². The lowest BCUT2D eigenvalue weighted by Crippen LogP contribution is -2.37. The SMILES string of the molecule is OC1(CNCc2cccc(C(F)F)c2)CCCC1. The van der Waals surface area contributed by atoms with E-state index in [0.29, 0.717) is 13.1 Å². The first-order valence-corrected chi connectivity index (χ1v) is 6.39. The Kier molecular flexibility index (Phi) is 4.30. The van der Waals surface area contributed by atoms with E-state index in [1.165, 1.54) is 12.1 Å². The maximum Gasteiger partial charge on any atom is 0.263 e. The lowest BCUT2D eigenvalue weighted by atomic mass is 10.0. The minimum atomic E-state index is -2.43. The van der Waals surface area contributed by atoms with Crippen LogP contribution in [-0.2, 0) is 6.54 Å². The van der Waals surface area contributed by atoms with Crippen molar-refractivity contribution in [2.45, 2.75) is 44.3 Å². The van der Waals surface area contributed by atoms with Crippen LogP contribution in [0.4, 0.5) is 8.78 Å². The fraction of sp³-hybridized carbons (Fsp3) is 0.571. The zero-order chi connectivity index (χ0) is 13.0. The second-order valence-electron chi connectivity index (χ2n) is 5.08.